The van der Waals surface area contributed by atoms with Crippen molar-refractivity contribution >= 4 is 17.4 Å². The van der Waals surface area contributed by atoms with Crippen LogP contribution in [0.2, 0.25) is 5.15 Å². The molecule has 0 amide bonds. The summed E-state index contributed by atoms with van der Waals surface area (Å²) in [6.45, 7) is 1.29. The minimum Gasteiger partial charge on any atom is -0.391 e. The summed E-state index contributed by atoms with van der Waals surface area (Å²) in [6.07, 6.45) is 2.52. The van der Waals surface area contributed by atoms with Gasteiger partial charge in [0.1, 0.15) is 17.3 Å². The van der Waals surface area contributed by atoms with E-state index in [-0.39, 0.29) is 11.8 Å². The van der Waals surface area contributed by atoms with E-state index in [0.717, 1.165) is 0 Å². The zero-order valence-corrected chi connectivity index (χ0v) is 11.6. The molecule has 0 aliphatic carbocycles. The normalized spacial score (nSPS) is 18.3. The Morgan fingerprint density at radius 3 is 2.74 bits per heavy atom. The van der Waals surface area contributed by atoms with Gasteiger partial charge in [0.25, 0.3) is 0 Å². The molecule has 0 bridgehead atoms. The fourth-order valence-corrected chi connectivity index (χ4v) is 2.46. The molecule has 0 atom stereocenters. The lowest BCUT2D eigenvalue weighted by atomic mass is 9.94. The van der Waals surface area contributed by atoms with E-state index in [1.807, 2.05) is 7.05 Å². The van der Waals surface area contributed by atoms with E-state index in [1.165, 1.54) is 6.33 Å². The van der Waals surface area contributed by atoms with Gasteiger partial charge in [-0.1, -0.05) is 11.6 Å². The Morgan fingerprint density at radius 2 is 2.11 bits per heavy atom. The minimum atomic E-state index is -0.794. The quantitative estimate of drug-likeness (QED) is 0.790. The highest BCUT2D eigenvalue weighted by atomic mass is 35.5. The molecule has 7 heteroatoms. The van der Waals surface area contributed by atoms with Crippen LogP contribution in [0.4, 0.5) is 5.82 Å². The van der Waals surface area contributed by atoms with E-state index in [2.05, 4.69) is 9.97 Å². The highest BCUT2D eigenvalue weighted by molar-refractivity contribution is 6.30. The zero-order chi connectivity index (χ0) is 13.9. The van der Waals surface area contributed by atoms with Gasteiger partial charge in [-0.05, 0) is 0 Å². The molecule has 6 nitrogen and oxygen atoms in total. The van der Waals surface area contributed by atoms with Gasteiger partial charge in [0.15, 0.2) is 0 Å². The number of nitrogens with zero attached hydrogens (tertiary/aromatic N) is 3. The first-order valence-electron chi connectivity index (χ1n) is 6.17. The van der Waals surface area contributed by atoms with Gasteiger partial charge in [-0.3, -0.25) is 0 Å². The van der Waals surface area contributed by atoms with Crippen LogP contribution < -0.4 is 4.90 Å². The van der Waals surface area contributed by atoms with E-state index in [1.54, 1.807) is 4.90 Å². The highest BCUT2D eigenvalue weighted by Gasteiger charge is 2.32. The van der Waals surface area contributed by atoms with Gasteiger partial charge < -0.3 is 19.8 Å². The third-order valence-electron chi connectivity index (χ3n) is 3.34. The average Bonchev–Trinajstić information content (AvgIpc) is 2.38. The van der Waals surface area contributed by atoms with Crippen LogP contribution >= 0.6 is 11.6 Å². The van der Waals surface area contributed by atoms with E-state index in [4.69, 9.17) is 16.3 Å². The molecular weight excluding hydrogens is 270 g/mol. The monoisotopic (exact) mass is 287 g/mol. The van der Waals surface area contributed by atoms with E-state index < -0.39 is 5.60 Å². The number of hydrogen-bond donors (Lipinski definition) is 2. The Labute approximate surface area is 117 Å². The third-order valence-corrected chi connectivity index (χ3v) is 3.67. The predicted molar refractivity (Wildman–Crippen MR) is 71.2 cm³/mol. The summed E-state index contributed by atoms with van der Waals surface area (Å²) < 4.78 is 5.25. The molecule has 19 heavy (non-hydrogen) atoms. The molecule has 1 aliphatic heterocycles. The van der Waals surface area contributed by atoms with Gasteiger partial charge in [-0.2, -0.15) is 0 Å². The van der Waals surface area contributed by atoms with Crippen LogP contribution in [-0.2, 0) is 11.3 Å². The molecule has 1 saturated heterocycles. The second kappa shape index (κ2) is 6.00. The number of aromatic nitrogens is 2. The van der Waals surface area contributed by atoms with Crippen molar-refractivity contribution in [2.75, 3.05) is 31.7 Å². The predicted octanol–water partition coefficient (Wildman–Crippen LogP) is 0.600. The Morgan fingerprint density at radius 1 is 1.42 bits per heavy atom. The van der Waals surface area contributed by atoms with Crippen molar-refractivity contribution in [3.63, 3.8) is 0 Å². The Kier molecular flexibility index (Phi) is 4.57. The molecule has 0 spiro atoms. The number of ether oxygens (including phenoxy) is 1. The second-order valence-corrected chi connectivity index (χ2v) is 5.18. The lowest BCUT2D eigenvalue weighted by Gasteiger charge is -2.36. The Hall–Kier alpha value is -0.950. The number of aliphatic hydroxyl groups excluding tert-OH is 1. The number of aliphatic hydroxyl groups is 2. The lowest BCUT2D eigenvalue weighted by molar-refractivity contribution is -0.0573. The average molecular weight is 288 g/mol. The third kappa shape index (κ3) is 3.33. The molecule has 2 N–H and O–H groups in total. The summed E-state index contributed by atoms with van der Waals surface area (Å²) in [4.78, 5) is 9.77. The molecule has 0 saturated carbocycles. The highest BCUT2D eigenvalue weighted by Crippen LogP contribution is 2.27. The fraction of sp³-hybridized carbons (Fsp3) is 0.667. The van der Waals surface area contributed by atoms with E-state index in [0.29, 0.717) is 44.0 Å². The standard InChI is InChI=1S/C12H18ClN3O3/c1-16(7-12(18)2-4-19-5-3-12)11-9(6-17)10(13)14-8-15-11/h8,17-18H,2-7H2,1H3. The molecule has 2 heterocycles. The van der Waals surface area contributed by atoms with Crippen molar-refractivity contribution in [3.05, 3.63) is 17.0 Å². The van der Waals surface area contributed by atoms with Crippen molar-refractivity contribution in [3.8, 4) is 0 Å². The first-order chi connectivity index (χ1) is 9.06. The van der Waals surface area contributed by atoms with Gasteiger partial charge in [-0.25, -0.2) is 9.97 Å². The van der Waals surface area contributed by atoms with Crippen LogP contribution in [0.1, 0.15) is 18.4 Å². The molecule has 2 rings (SSSR count). The summed E-state index contributed by atoms with van der Waals surface area (Å²) in [5, 5.41) is 20.1. The van der Waals surface area contributed by atoms with Gasteiger partial charge >= 0.3 is 0 Å². The molecule has 0 unspecified atom stereocenters. The van der Waals surface area contributed by atoms with Crippen molar-refractivity contribution in [2.45, 2.75) is 25.0 Å². The van der Waals surface area contributed by atoms with Gasteiger partial charge in [0.2, 0.25) is 0 Å². The SMILES string of the molecule is CN(CC1(O)CCOCC1)c1ncnc(Cl)c1CO. The Balaban J connectivity index is 2.15. The fourth-order valence-electron chi connectivity index (χ4n) is 2.27. The second-order valence-electron chi connectivity index (χ2n) is 4.82. The molecule has 1 aliphatic rings. The van der Waals surface area contributed by atoms with Gasteiger partial charge in [0.05, 0.1) is 17.8 Å². The van der Waals surface area contributed by atoms with Crippen LogP contribution in [0.25, 0.3) is 0 Å². The summed E-state index contributed by atoms with van der Waals surface area (Å²) in [5.74, 6) is 0.544. The first kappa shape index (κ1) is 14.5. The van der Waals surface area contributed by atoms with Crippen LogP contribution in [0, 0.1) is 0 Å². The molecule has 1 fully saturated rings. The van der Waals surface area contributed by atoms with Crippen molar-refractivity contribution < 1.29 is 14.9 Å². The van der Waals surface area contributed by atoms with Crippen LogP contribution in [0.3, 0.4) is 0 Å². The van der Waals surface area contributed by atoms with Crippen LogP contribution in [-0.4, -0.2) is 52.6 Å². The topological polar surface area (TPSA) is 78.7 Å². The van der Waals surface area contributed by atoms with Crippen molar-refractivity contribution in [1.82, 2.24) is 9.97 Å². The van der Waals surface area contributed by atoms with Crippen molar-refractivity contribution in [1.29, 1.82) is 0 Å². The van der Waals surface area contributed by atoms with Crippen molar-refractivity contribution in [2.24, 2.45) is 0 Å². The van der Waals surface area contributed by atoms with Crippen LogP contribution in [0.15, 0.2) is 6.33 Å². The molecule has 0 aromatic carbocycles. The summed E-state index contributed by atoms with van der Waals surface area (Å²) in [6, 6.07) is 0. The number of anilines is 1. The molecule has 1 aromatic heterocycles. The number of hydrogen-bond acceptors (Lipinski definition) is 6. The molecule has 106 valence electrons. The van der Waals surface area contributed by atoms with E-state index >= 15 is 0 Å². The van der Waals surface area contributed by atoms with Gasteiger partial charge in [0, 0.05) is 39.6 Å². The maximum absolute atomic E-state index is 10.5. The number of likely N-dealkylation sites (N-methyl/N-ethyl adjacent to an activating group) is 1. The largest absolute Gasteiger partial charge is 0.391 e. The number of halogens is 1. The minimum absolute atomic E-state index is 0.235. The smallest absolute Gasteiger partial charge is 0.140 e. The van der Waals surface area contributed by atoms with Gasteiger partial charge in [-0.15, -0.1) is 0 Å². The Bertz CT molecular complexity index is 438. The summed E-state index contributed by atoms with van der Waals surface area (Å²) >= 11 is 5.93. The molecule has 1 aromatic rings. The maximum atomic E-state index is 10.5. The molecule has 0 radical (unpaired) electrons. The number of rotatable bonds is 4. The van der Waals surface area contributed by atoms with E-state index in [9.17, 15) is 10.2 Å². The summed E-state index contributed by atoms with van der Waals surface area (Å²) in [7, 11) is 1.81. The molecular formula is C12H18ClN3O3. The summed E-state index contributed by atoms with van der Waals surface area (Å²) in [5.41, 5.74) is -0.320. The first-order valence-corrected chi connectivity index (χ1v) is 6.55. The lowest BCUT2D eigenvalue weighted by Crippen LogP contribution is -2.46. The van der Waals surface area contributed by atoms with Crippen LogP contribution in [0.5, 0.6) is 0 Å². The maximum Gasteiger partial charge on any atom is 0.140 e. The zero-order valence-electron chi connectivity index (χ0n) is 10.8.